The van der Waals surface area contributed by atoms with Gasteiger partial charge in [-0.25, -0.2) is 0 Å². The molecule has 1 unspecified atom stereocenters. The summed E-state index contributed by atoms with van der Waals surface area (Å²) < 4.78 is 0. The van der Waals surface area contributed by atoms with E-state index in [2.05, 4.69) is 13.0 Å². The third kappa shape index (κ3) is 3.48. The minimum atomic E-state index is -0.0297. The van der Waals surface area contributed by atoms with Crippen LogP contribution in [0.1, 0.15) is 58.9 Å². The first kappa shape index (κ1) is 17.8. The highest BCUT2D eigenvalue weighted by Crippen LogP contribution is 2.33. The Bertz CT molecular complexity index is 853. The first-order valence-electron chi connectivity index (χ1n) is 9.96. The monoisotopic (exact) mass is 362 g/mol. The molecule has 0 spiro atoms. The van der Waals surface area contributed by atoms with Gasteiger partial charge in [0.2, 0.25) is 0 Å². The van der Waals surface area contributed by atoms with Crippen LogP contribution in [-0.4, -0.2) is 35.8 Å². The van der Waals surface area contributed by atoms with Crippen LogP contribution in [0.4, 0.5) is 5.69 Å². The van der Waals surface area contributed by atoms with Gasteiger partial charge < -0.3 is 9.80 Å². The lowest BCUT2D eigenvalue weighted by Gasteiger charge is -2.24. The molecule has 0 N–H and O–H groups in total. The van der Waals surface area contributed by atoms with Gasteiger partial charge in [-0.05, 0) is 56.0 Å². The van der Waals surface area contributed by atoms with Crippen LogP contribution in [0.3, 0.4) is 0 Å². The van der Waals surface area contributed by atoms with Crippen molar-refractivity contribution in [3.05, 3.63) is 65.2 Å². The molecule has 1 saturated heterocycles. The number of para-hydroxylation sites is 1. The zero-order valence-corrected chi connectivity index (χ0v) is 15.9. The third-order valence-electron chi connectivity index (χ3n) is 5.68. The van der Waals surface area contributed by atoms with Gasteiger partial charge in [-0.3, -0.25) is 9.59 Å². The molecule has 27 heavy (non-hydrogen) atoms. The number of rotatable bonds is 2. The fraction of sp³-hybridized carbons (Fsp3) is 0.391. The summed E-state index contributed by atoms with van der Waals surface area (Å²) >= 11 is 0. The summed E-state index contributed by atoms with van der Waals surface area (Å²) in [5, 5.41) is 0. The van der Waals surface area contributed by atoms with Gasteiger partial charge in [0, 0.05) is 35.9 Å². The van der Waals surface area contributed by atoms with Crippen molar-refractivity contribution in [2.45, 2.75) is 45.1 Å². The van der Waals surface area contributed by atoms with Crippen LogP contribution in [0.5, 0.6) is 0 Å². The van der Waals surface area contributed by atoms with Crippen LogP contribution in [0.2, 0.25) is 0 Å². The molecule has 140 valence electrons. The van der Waals surface area contributed by atoms with Crippen molar-refractivity contribution in [1.29, 1.82) is 0 Å². The maximum absolute atomic E-state index is 13.2. The molecule has 0 aromatic heterocycles. The van der Waals surface area contributed by atoms with Crippen LogP contribution in [-0.2, 0) is 6.42 Å². The standard InChI is InChI=1S/C23H26N2O2/c1-17-15-18-9-4-5-12-21(18)25(17)23(27)20-11-8-10-19(16-20)22(26)24-13-6-2-3-7-14-24/h4-5,8-12,16-17H,2-3,6-7,13-15H2,1H3. The van der Waals surface area contributed by atoms with E-state index >= 15 is 0 Å². The Morgan fingerprint density at radius 1 is 0.852 bits per heavy atom. The summed E-state index contributed by atoms with van der Waals surface area (Å²) in [7, 11) is 0. The average Bonchev–Trinajstić information content (AvgIpc) is 2.86. The average molecular weight is 362 g/mol. The Balaban J connectivity index is 1.59. The van der Waals surface area contributed by atoms with E-state index in [1.165, 1.54) is 18.4 Å². The van der Waals surface area contributed by atoms with E-state index in [0.29, 0.717) is 11.1 Å². The van der Waals surface area contributed by atoms with E-state index in [4.69, 9.17) is 0 Å². The Hall–Kier alpha value is -2.62. The summed E-state index contributed by atoms with van der Waals surface area (Å²) in [4.78, 5) is 29.9. The van der Waals surface area contributed by atoms with Crippen molar-refractivity contribution in [2.75, 3.05) is 18.0 Å². The number of carbonyl (C=O) groups is 2. The van der Waals surface area contributed by atoms with Crippen LogP contribution in [0, 0.1) is 0 Å². The number of hydrogen-bond acceptors (Lipinski definition) is 2. The molecular weight excluding hydrogens is 336 g/mol. The van der Waals surface area contributed by atoms with E-state index in [9.17, 15) is 9.59 Å². The first-order valence-corrected chi connectivity index (χ1v) is 9.96. The van der Waals surface area contributed by atoms with Gasteiger partial charge in [-0.15, -0.1) is 0 Å². The number of amides is 2. The molecule has 2 heterocycles. The molecule has 2 aromatic rings. The zero-order chi connectivity index (χ0) is 18.8. The number of hydrogen-bond donors (Lipinski definition) is 0. The van der Waals surface area contributed by atoms with Crippen LogP contribution in [0.25, 0.3) is 0 Å². The Kier molecular flexibility index (Phi) is 4.97. The van der Waals surface area contributed by atoms with Gasteiger partial charge in [0.05, 0.1) is 0 Å². The van der Waals surface area contributed by atoms with Crippen LogP contribution >= 0.6 is 0 Å². The van der Waals surface area contributed by atoms with Crippen molar-refractivity contribution in [1.82, 2.24) is 4.90 Å². The largest absolute Gasteiger partial charge is 0.339 e. The molecule has 1 fully saturated rings. The highest BCUT2D eigenvalue weighted by Gasteiger charge is 2.31. The van der Waals surface area contributed by atoms with E-state index in [0.717, 1.165) is 38.0 Å². The molecule has 2 aliphatic rings. The molecule has 1 atom stereocenters. The molecule has 0 bridgehead atoms. The third-order valence-corrected chi connectivity index (χ3v) is 5.68. The number of carbonyl (C=O) groups excluding carboxylic acids is 2. The molecular formula is C23H26N2O2. The minimum Gasteiger partial charge on any atom is -0.339 e. The van der Waals surface area contributed by atoms with Gasteiger partial charge in [0.15, 0.2) is 0 Å². The number of likely N-dealkylation sites (tertiary alicyclic amines) is 1. The van der Waals surface area contributed by atoms with E-state index in [1.807, 2.05) is 46.2 Å². The maximum Gasteiger partial charge on any atom is 0.258 e. The quantitative estimate of drug-likeness (QED) is 0.799. The summed E-state index contributed by atoms with van der Waals surface area (Å²) in [5.74, 6) is 0.0133. The smallest absolute Gasteiger partial charge is 0.258 e. The molecule has 2 amide bonds. The summed E-state index contributed by atoms with van der Waals surface area (Å²) in [6.07, 6.45) is 5.37. The number of fused-ring (bicyclic) bond motifs is 1. The van der Waals surface area contributed by atoms with Crippen molar-refractivity contribution < 1.29 is 9.59 Å². The fourth-order valence-corrected chi connectivity index (χ4v) is 4.26. The van der Waals surface area contributed by atoms with E-state index in [-0.39, 0.29) is 17.9 Å². The number of anilines is 1. The lowest BCUT2D eigenvalue weighted by Crippen LogP contribution is -2.36. The Morgan fingerprint density at radius 2 is 1.52 bits per heavy atom. The van der Waals surface area contributed by atoms with Gasteiger partial charge in [0.1, 0.15) is 0 Å². The first-order chi connectivity index (χ1) is 13.1. The summed E-state index contributed by atoms with van der Waals surface area (Å²) in [6, 6.07) is 15.4. The van der Waals surface area contributed by atoms with Crippen molar-refractivity contribution in [3.63, 3.8) is 0 Å². The van der Waals surface area contributed by atoms with Crippen molar-refractivity contribution >= 4 is 17.5 Å². The van der Waals surface area contributed by atoms with Crippen LogP contribution < -0.4 is 4.90 Å². The zero-order valence-electron chi connectivity index (χ0n) is 15.9. The van der Waals surface area contributed by atoms with E-state index < -0.39 is 0 Å². The van der Waals surface area contributed by atoms with Gasteiger partial charge in [-0.2, -0.15) is 0 Å². The summed E-state index contributed by atoms with van der Waals surface area (Å²) in [5.41, 5.74) is 3.39. The normalized spacial score (nSPS) is 19.5. The Morgan fingerprint density at radius 3 is 2.26 bits per heavy atom. The second kappa shape index (κ2) is 7.55. The second-order valence-corrected chi connectivity index (χ2v) is 7.64. The fourth-order valence-electron chi connectivity index (χ4n) is 4.26. The molecule has 0 radical (unpaired) electrons. The van der Waals surface area contributed by atoms with Gasteiger partial charge in [0.25, 0.3) is 11.8 Å². The highest BCUT2D eigenvalue weighted by molar-refractivity contribution is 6.09. The molecule has 4 rings (SSSR count). The van der Waals surface area contributed by atoms with E-state index in [1.54, 1.807) is 6.07 Å². The topological polar surface area (TPSA) is 40.6 Å². The summed E-state index contributed by atoms with van der Waals surface area (Å²) in [6.45, 7) is 3.70. The van der Waals surface area contributed by atoms with Crippen molar-refractivity contribution in [3.8, 4) is 0 Å². The SMILES string of the molecule is CC1Cc2ccccc2N1C(=O)c1cccc(C(=O)N2CCCCCC2)c1. The lowest BCUT2D eigenvalue weighted by molar-refractivity contribution is 0.0761. The molecule has 2 aliphatic heterocycles. The predicted molar refractivity (Wildman–Crippen MR) is 107 cm³/mol. The number of nitrogens with zero attached hydrogens (tertiary/aromatic N) is 2. The Labute approximate surface area is 160 Å². The van der Waals surface area contributed by atoms with Gasteiger partial charge in [-0.1, -0.05) is 37.1 Å². The lowest BCUT2D eigenvalue weighted by atomic mass is 10.1. The minimum absolute atomic E-state index is 0.0297. The molecule has 0 aliphatic carbocycles. The molecule has 4 nitrogen and oxygen atoms in total. The van der Waals surface area contributed by atoms with Crippen molar-refractivity contribution in [2.24, 2.45) is 0 Å². The second-order valence-electron chi connectivity index (χ2n) is 7.64. The highest BCUT2D eigenvalue weighted by atomic mass is 16.2. The molecule has 4 heteroatoms. The molecule has 2 aromatic carbocycles. The maximum atomic E-state index is 13.2. The molecule has 0 saturated carbocycles. The van der Waals surface area contributed by atoms with Crippen LogP contribution in [0.15, 0.2) is 48.5 Å². The predicted octanol–water partition coefficient (Wildman–Crippen LogP) is 4.29. The number of benzene rings is 2. The van der Waals surface area contributed by atoms with Gasteiger partial charge >= 0.3 is 0 Å².